The predicted molar refractivity (Wildman–Crippen MR) is 86.5 cm³/mol. The molecular formula is C19H35N. The lowest BCUT2D eigenvalue weighted by atomic mass is 9.39. The van der Waals surface area contributed by atoms with Crippen LogP contribution in [-0.2, 0) is 0 Å². The van der Waals surface area contributed by atoms with E-state index in [1.807, 2.05) is 0 Å². The van der Waals surface area contributed by atoms with Crippen molar-refractivity contribution in [3.05, 3.63) is 0 Å². The van der Waals surface area contributed by atoms with Crippen LogP contribution in [0.2, 0.25) is 0 Å². The van der Waals surface area contributed by atoms with Crippen LogP contribution in [-0.4, -0.2) is 6.04 Å². The first-order valence-corrected chi connectivity index (χ1v) is 8.97. The molecule has 0 amide bonds. The topological polar surface area (TPSA) is 26.0 Å². The van der Waals surface area contributed by atoms with Gasteiger partial charge < -0.3 is 5.73 Å². The van der Waals surface area contributed by atoms with Gasteiger partial charge in [-0.15, -0.1) is 0 Å². The Morgan fingerprint density at radius 3 is 2.05 bits per heavy atom. The summed E-state index contributed by atoms with van der Waals surface area (Å²) in [7, 11) is 0. The highest BCUT2D eigenvalue weighted by Crippen LogP contribution is 2.70. The second-order valence-corrected chi connectivity index (χ2v) is 10.1. The Bertz CT molecular complexity index is 354. The molecule has 1 heteroatoms. The fourth-order valence-electron chi connectivity index (χ4n) is 7.12. The number of hydrogen-bond donors (Lipinski definition) is 1. The average Bonchev–Trinajstić information content (AvgIpc) is 2.20. The second-order valence-electron chi connectivity index (χ2n) is 10.1. The van der Waals surface area contributed by atoms with E-state index >= 15 is 0 Å². The summed E-state index contributed by atoms with van der Waals surface area (Å²) < 4.78 is 0. The van der Waals surface area contributed by atoms with Crippen molar-refractivity contribution in [2.24, 2.45) is 33.8 Å². The van der Waals surface area contributed by atoms with Gasteiger partial charge in [-0.05, 0) is 85.9 Å². The third-order valence-corrected chi connectivity index (χ3v) is 6.55. The van der Waals surface area contributed by atoms with Crippen molar-refractivity contribution in [3.8, 4) is 0 Å². The van der Waals surface area contributed by atoms with E-state index in [1.165, 1.54) is 57.8 Å². The lowest BCUT2D eigenvalue weighted by Gasteiger charge is -2.66. The second kappa shape index (κ2) is 4.73. The lowest BCUT2D eigenvalue weighted by molar-refractivity contribution is -0.149. The molecule has 4 saturated carbocycles. The summed E-state index contributed by atoms with van der Waals surface area (Å²) >= 11 is 0. The van der Waals surface area contributed by atoms with E-state index < -0.39 is 0 Å². The van der Waals surface area contributed by atoms with Crippen molar-refractivity contribution < 1.29 is 0 Å². The van der Waals surface area contributed by atoms with E-state index in [9.17, 15) is 0 Å². The van der Waals surface area contributed by atoms with E-state index in [2.05, 4.69) is 27.7 Å². The van der Waals surface area contributed by atoms with Crippen LogP contribution < -0.4 is 5.73 Å². The van der Waals surface area contributed by atoms with Crippen molar-refractivity contribution in [2.75, 3.05) is 0 Å². The van der Waals surface area contributed by atoms with Crippen molar-refractivity contribution >= 4 is 0 Å². The molecule has 0 saturated heterocycles. The first-order chi connectivity index (χ1) is 9.22. The van der Waals surface area contributed by atoms with Crippen LogP contribution in [0.3, 0.4) is 0 Å². The molecule has 0 spiro atoms. The first-order valence-electron chi connectivity index (χ1n) is 8.97. The molecule has 1 nitrogen and oxygen atoms in total. The zero-order chi connectivity index (χ0) is 14.6. The molecule has 0 aliphatic heterocycles. The van der Waals surface area contributed by atoms with Gasteiger partial charge in [0.1, 0.15) is 0 Å². The normalized spacial score (nSPS) is 48.0. The molecule has 3 unspecified atom stereocenters. The summed E-state index contributed by atoms with van der Waals surface area (Å²) in [5, 5.41) is 0. The average molecular weight is 277 g/mol. The maximum atomic E-state index is 6.53. The van der Waals surface area contributed by atoms with Crippen molar-refractivity contribution in [2.45, 2.75) is 91.5 Å². The van der Waals surface area contributed by atoms with Crippen LogP contribution in [0.4, 0.5) is 0 Å². The number of hydrogen-bond acceptors (Lipinski definition) is 1. The van der Waals surface area contributed by atoms with Gasteiger partial charge >= 0.3 is 0 Å². The zero-order valence-electron chi connectivity index (χ0n) is 14.2. The van der Waals surface area contributed by atoms with Gasteiger partial charge in [0.15, 0.2) is 0 Å². The Kier molecular flexibility index (Phi) is 3.52. The smallest absolute Gasteiger partial charge is 0.00442 e. The van der Waals surface area contributed by atoms with Gasteiger partial charge in [0, 0.05) is 6.04 Å². The lowest BCUT2D eigenvalue weighted by Crippen LogP contribution is -2.56. The van der Waals surface area contributed by atoms with Crippen molar-refractivity contribution in [1.82, 2.24) is 0 Å². The van der Waals surface area contributed by atoms with E-state index in [4.69, 9.17) is 5.73 Å². The molecule has 4 fully saturated rings. The zero-order valence-corrected chi connectivity index (χ0v) is 14.2. The highest BCUT2D eigenvalue weighted by Gasteiger charge is 2.59. The van der Waals surface area contributed by atoms with E-state index in [-0.39, 0.29) is 0 Å². The molecule has 4 aliphatic carbocycles. The molecule has 2 N–H and O–H groups in total. The standard InChI is InChI=1S/C19H35N/c1-14(2)5-6-16(20)10-19-9-15-7-17(3,12-19)11-18(4,8-15)13-19/h14-16H,5-13,20H2,1-4H3. The number of rotatable bonds is 5. The van der Waals surface area contributed by atoms with Crippen LogP contribution >= 0.6 is 0 Å². The summed E-state index contributed by atoms with van der Waals surface area (Å²) in [4.78, 5) is 0. The molecular weight excluding hydrogens is 242 g/mol. The Hall–Kier alpha value is -0.0400. The Balaban J connectivity index is 1.69. The molecule has 0 aromatic rings. The third-order valence-electron chi connectivity index (χ3n) is 6.55. The van der Waals surface area contributed by atoms with Crippen LogP contribution in [0, 0.1) is 28.1 Å². The minimum Gasteiger partial charge on any atom is -0.328 e. The van der Waals surface area contributed by atoms with Crippen LogP contribution in [0.15, 0.2) is 0 Å². The van der Waals surface area contributed by atoms with Crippen LogP contribution in [0.5, 0.6) is 0 Å². The quantitative estimate of drug-likeness (QED) is 0.740. The summed E-state index contributed by atoms with van der Waals surface area (Å²) in [5.41, 5.74) is 8.43. The van der Waals surface area contributed by atoms with Crippen molar-refractivity contribution in [3.63, 3.8) is 0 Å². The molecule has 4 rings (SSSR count). The van der Waals surface area contributed by atoms with Gasteiger partial charge in [-0.1, -0.05) is 27.7 Å². The third kappa shape index (κ3) is 2.80. The molecule has 0 heterocycles. The van der Waals surface area contributed by atoms with Gasteiger partial charge in [-0.3, -0.25) is 0 Å². The first kappa shape index (κ1) is 14.9. The van der Waals surface area contributed by atoms with Crippen molar-refractivity contribution in [1.29, 1.82) is 0 Å². The minimum atomic E-state index is 0.445. The SMILES string of the molecule is CC(C)CCC(N)CC12CC3CC(C)(CC(C)(C3)C1)C2. The van der Waals surface area contributed by atoms with Gasteiger partial charge in [-0.25, -0.2) is 0 Å². The summed E-state index contributed by atoms with van der Waals surface area (Å²) in [6.45, 7) is 9.78. The van der Waals surface area contributed by atoms with Crippen LogP contribution in [0.1, 0.15) is 85.5 Å². The highest BCUT2D eigenvalue weighted by atomic mass is 14.7. The maximum absolute atomic E-state index is 6.53. The Morgan fingerprint density at radius 2 is 1.55 bits per heavy atom. The monoisotopic (exact) mass is 277 g/mol. The molecule has 116 valence electrons. The molecule has 3 atom stereocenters. The van der Waals surface area contributed by atoms with Crippen LogP contribution in [0.25, 0.3) is 0 Å². The fourth-order valence-corrected chi connectivity index (χ4v) is 7.12. The molecule has 0 aromatic heterocycles. The van der Waals surface area contributed by atoms with Gasteiger partial charge in [-0.2, -0.15) is 0 Å². The molecule has 20 heavy (non-hydrogen) atoms. The molecule has 0 radical (unpaired) electrons. The van der Waals surface area contributed by atoms with E-state index in [1.54, 1.807) is 0 Å². The minimum absolute atomic E-state index is 0.445. The Morgan fingerprint density at radius 1 is 0.950 bits per heavy atom. The fraction of sp³-hybridized carbons (Fsp3) is 1.00. The summed E-state index contributed by atoms with van der Waals surface area (Å²) in [6.07, 6.45) is 12.8. The Labute approximate surface area is 126 Å². The largest absolute Gasteiger partial charge is 0.328 e. The van der Waals surface area contributed by atoms with E-state index in [0.717, 1.165) is 11.8 Å². The van der Waals surface area contributed by atoms with Gasteiger partial charge in [0.2, 0.25) is 0 Å². The summed E-state index contributed by atoms with van der Waals surface area (Å²) in [5.74, 6) is 1.81. The molecule has 0 aromatic carbocycles. The predicted octanol–water partition coefficient (Wildman–Crippen LogP) is 5.14. The number of nitrogens with two attached hydrogens (primary N) is 1. The van der Waals surface area contributed by atoms with E-state index in [0.29, 0.717) is 22.3 Å². The highest BCUT2D eigenvalue weighted by molar-refractivity contribution is 5.10. The van der Waals surface area contributed by atoms with Gasteiger partial charge in [0.25, 0.3) is 0 Å². The van der Waals surface area contributed by atoms with Gasteiger partial charge in [0.05, 0.1) is 0 Å². The summed E-state index contributed by atoms with van der Waals surface area (Å²) in [6, 6.07) is 0.445. The molecule has 4 bridgehead atoms. The molecule has 4 aliphatic rings. The maximum Gasteiger partial charge on any atom is 0.00442 e.